The first-order chi connectivity index (χ1) is 15.9. The second-order valence-electron chi connectivity index (χ2n) is 6.70. The number of aromatic nitrogens is 1. The van der Waals surface area contributed by atoms with E-state index in [1.807, 2.05) is 18.2 Å². The van der Waals surface area contributed by atoms with E-state index >= 15 is 0 Å². The molecule has 0 saturated heterocycles. The standard InChI is InChI=1S/C22H15BrN4O4S2/c23-14-5-8-19(28)13(9-14)11-24-15-6-7-17-20(10-15)33-22(26-17)32-12-21(29)25-16-3-1-2-4-18(16)27(30)31/h1-11,28H,12H2,(H,25,29). The smallest absolute Gasteiger partial charge is 0.292 e. The third-order valence-corrected chi connectivity index (χ3v) is 7.05. The highest BCUT2D eigenvalue weighted by Gasteiger charge is 2.15. The van der Waals surface area contributed by atoms with Gasteiger partial charge in [0.25, 0.3) is 5.69 Å². The monoisotopic (exact) mass is 542 g/mol. The maximum absolute atomic E-state index is 12.3. The van der Waals surface area contributed by atoms with Crippen molar-refractivity contribution in [1.82, 2.24) is 4.98 Å². The molecule has 4 aromatic rings. The summed E-state index contributed by atoms with van der Waals surface area (Å²) in [5.41, 5.74) is 2.09. The van der Waals surface area contributed by atoms with Gasteiger partial charge in [-0.3, -0.25) is 19.9 Å². The van der Waals surface area contributed by atoms with Crippen molar-refractivity contribution < 1.29 is 14.8 Å². The number of para-hydroxylation sites is 2. The summed E-state index contributed by atoms with van der Waals surface area (Å²) in [5.74, 6) is -0.148. The molecule has 0 aliphatic carbocycles. The van der Waals surface area contributed by atoms with E-state index in [1.54, 1.807) is 36.5 Å². The number of carbonyl (C=O) groups excluding carboxylic acids is 1. The van der Waals surface area contributed by atoms with Crippen LogP contribution in [0.5, 0.6) is 5.75 Å². The van der Waals surface area contributed by atoms with E-state index in [-0.39, 0.29) is 28.8 Å². The Balaban J connectivity index is 1.42. The summed E-state index contributed by atoms with van der Waals surface area (Å²) in [6, 6.07) is 16.7. The van der Waals surface area contributed by atoms with Crippen molar-refractivity contribution in [2.45, 2.75) is 4.34 Å². The number of fused-ring (bicyclic) bond motifs is 1. The predicted octanol–water partition coefficient (Wildman–Crippen LogP) is 6.15. The van der Waals surface area contributed by atoms with Crippen LogP contribution in [0.3, 0.4) is 0 Å². The molecule has 0 saturated carbocycles. The summed E-state index contributed by atoms with van der Waals surface area (Å²) >= 11 is 6.05. The van der Waals surface area contributed by atoms with Crippen molar-refractivity contribution in [2.75, 3.05) is 11.1 Å². The molecule has 0 bridgehead atoms. The van der Waals surface area contributed by atoms with Crippen molar-refractivity contribution in [3.63, 3.8) is 0 Å². The fourth-order valence-electron chi connectivity index (χ4n) is 2.86. The highest BCUT2D eigenvalue weighted by Crippen LogP contribution is 2.32. The van der Waals surface area contributed by atoms with Gasteiger partial charge in [0.1, 0.15) is 11.4 Å². The molecule has 166 valence electrons. The Bertz CT molecular complexity index is 1390. The quantitative estimate of drug-likeness (QED) is 0.125. The summed E-state index contributed by atoms with van der Waals surface area (Å²) in [6.45, 7) is 0. The third-order valence-electron chi connectivity index (χ3n) is 4.40. The average Bonchev–Trinajstić information content (AvgIpc) is 3.21. The third kappa shape index (κ3) is 5.75. The molecule has 0 radical (unpaired) electrons. The Morgan fingerprint density at radius 3 is 2.88 bits per heavy atom. The topological polar surface area (TPSA) is 118 Å². The predicted molar refractivity (Wildman–Crippen MR) is 135 cm³/mol. The number of thioether (sulfide) groups is 1. The number of benzene rings is 3. The van der Waals surface area contributed by atoms with Crippen LogP contribution in [-0.4, -0.2) is 32.9 Å². The van der Waals surface area contributed by atoms with E-state index in [9.17, 15) is 20.0 Å². The molecule has 1 heterocycles. The average molecular weight is 543 g/mol. The molecule has 2 N–H and O–H groups in total. The van der Waals surface area contributed by atoms with E-state index in [2.05, 4.69) is 31.2 Å². The molecule has 0 unspecified atom stereocenters. The van der Waals surface area contributed by atoms with Crippen LogP contribution >= 0.6 is 39.0 Å². The second-order valence-corrected chi connectivity index (χ2v) is 9.87. The number of nitro benzene ring substituents is 1. The number of carbonyl (C=O) groups is 1. The lowest BCUT2D eigenvalue weighted by atomic mass is 10.2. The number of nitro groups is 1. The number of rotatable bonds is 7. The molecule has 1 aromatic heterocycles. The highest BCUT2D eigenvalue weighted by atomic mass is 79.9. The number of hydrogen-bond donors (Lipinski definition) is 2. The fraction of sp³-hybridized carbons (Fsp3) is 0.0455. The molecule has 0 aliphatic heterocycles. The maximum atomic E-state index is 12.3. The van der Waals surface area contributed by atoms with Gasteiger partial charge in [0.05, 0.1) is 26.6 Å². The molecule has 0 atom stereocenters. The van der Waals surface area contributed by atoms with E-state index in [0.717, 1.165) is 14.7 Å². The van der Waals surface area contributed by atoms with E-state index < -0.39 is 4.92 Å². The first-order valence-electron chi connectivity index (χ1n) is 9.48. The minimum absolute atomic E-state index is 0.0685. The number of phenols is 1. The fourth-order valence-corrected chi connectivity index (χ4v) is 5.14. The largest absolute Gasteiger partial charge is 0.507 e. The molecule has 3 aromatic carbocycles. The highest BCUT2D eigenvalue weighted by molar-refractivity contribution is 9.10. The zero-order chi connectivity index (χ0) is 23.4. The van der Waals surface area contributed by atoms with Gasteiger partial charge in [0.15, 0.2) is 4.34 Å². The number of aliphatic imine (C=N–C) groups is 1. The summed E-state index contributed by atoms with van der Waals surface area (Å²) in [6.07, 6.45) is 1.59. The van der Waals surface area contributed by atoms with Gasteiger partial charge in [-0.15, -0.1) is 11.3 Å². The Morgan fingerprint density at radius 1 is 1.24 bits per heavy atom. The Kier molecular flexibility index (Phi) is 7.02. The van der Waals surface area contributed by atoms with Crippen molar-refractivity contribution in [1.29, 1.82) is 0 Å². The van der Waals surface area contributed by atoms with Crippen molar-refractivity contribution in [3.8, 4) is 5.75 Å². The van der Waals surface area contributed by atoms with E-state index in [4.69, 9.17) is 0 Å². The van der Waals surface area contributed by atoms with Gasteiger partial charge in [-0.25, -0.2) is 4.98 Å². The number of aromatic hydroxyl groups is 1. The van der Waals surface area contributed by atoms with E-state index in [0.29, 0.717) is 15.6 Å². The number of phenolic OH excluding ortho intramolecular Hbond substituents is 1. The van der Waals surface area contributed by atoms with Gasteiger partial charge in [-0.1, -0.05) is 39.8 Å². The number of anilines is 1. The lowest BCUT2D eigenvalue weighted by molar-refractivity contribution is -0.383. The lowest BCUT2D eigenvalue weighted by Gasteiger charge is -2.04. The zero-order valence-corrected chi connectivity index (χ0v) is 20.0. The van der Waals surface area contributed by atoms with Crippen LogP contribution in [0.15, 0.2) is 74.5 Å². The summed E-state index contributed by atoms with van der Waals surface area (Å²) < 4.78 is 2.45. The van der Waals surface area contributed by atoms with Crippen LogP contribution < -0.4 is 5.32 Å². The molecular weight excluding hydrogens is 528 g/mol. The molecule has 0 aliphatic rings. The molecular formula is C22H15BrN4O4S2. The number of halogens is 1. The van der Waals surface area contributed by atoms with E-state index in [1.165, 1.54) is 35.2 Å². The number of thiazole rings is 1. The number of hydrogen-bond acceptors (Lipinski definition) is 8. The molecule has 4 rings (SSSR count). The first-order valence-corrected chi connectivity index (χ1v) is 12.1. The summed E-state index contributed by atoms with van der Waals surface area (Å²) in [5, 5.41) is 23.6. The Hall–Kier alpha value is -3.28. The number of nitrogens with zero attached hydrogens (tertiary/aromatic N) is 3. The summed E-state index contributed by atoms with van der Waals surface area (Å²) in [7, 11) is 0. The second kappa shape index (κ2) is 10.1. The van der Waals surface area contributed by atoms with Crippen LogP contribution in [0.4, 0.5) is 17.1 Å². The van der Waals surface area contributed by atoms with Gasteiger partial charge in [0.2, 0.25) is 5.91 Å². The van der Waals surface area contributed by atoms with Gasteiger partial charge < -0.3 is 10.4 Å². The maximum Gasteiger partial charge on any atom is 0.292 e. The number of nitrogens with one attached hydrogen (secondary N) is 1. The Labute approximate surface area is 204 Å². The molecule has 1 amide bonds. The van der Waals surface area contributed by atoms with Crippen LogP contribution in [0, 0.1) is 10.1 Å². The zero-order valence-electron chi connectivity index (χ0n) is 16.8. The van der Waals surface area contributed by atoms with Crippen molar-refractivity contribution in [3.05, 3.63) is 80.8 Å². The van der Waals surface area contributed by atoms with Crippen molar-refractivity contribution in [2.24, 2.45) is 4.99 Å². The van der Waals surface area contributed by atoms with Gasteiger partial charge in [-0.05, 0) is 42.5 Å². The molecule has 11 heteroatoms. The van der Waals surface area contributed by atoms with Gasteiger partial charge in [-0.2, -0.15) is 0 Å². The van der Waals surface area contributed by atoms with Crippen LogP contribution in [0.25, 0.3) is 10.2 Å². The molecule has 0 fully saturated rings. The normalized spacial score (nSPS) is 11.2. The van der Waals surface area contributed by atoms with Crippen LogP contribution in [0.2, 0.25) is 0 Å². The van der Waals surface area contributed by atoms with Gasteiger partial charge >= 0.3 is 0 Å². The minimum Gasteiger partial charge on any atom is -0.507 e. The minimum atomic E-state index is -0.533. The molecule has 33 heavy (non-hydrogen) atoms. The van der Waals surface area contributed by atoms with Crippen molar-refractivity contribution >= 4 is 78.4 Å². The Morgan fingerprint density at radius 2 is 2.06 bits per heavy atom. The van der Waals surface area contributed by atoms with Crippen LogP contribution in [-0.2, 0) is 4.79 Å². The first kappa shape index (κ1) is 22.9. The van der Waals surface area contributed by atoms with Crippen LogP contribution in [0.1, 0.15) is 5.56 Å². The van der Waals surface area contributed by atoms with Gasteiger partial charge in [0, 0.05) is 22.3 Å². The SMILES string of the molecule is O=C(CSc1nc2ccc(N=Cc3cc(Br)ccc3O)cc2s1)Nc1ccccc1[N+](=O)[O-]. The lowest BCUT2D eigenvalue weighted by Crippen LogP contribution is -2.15. The molecule has 0 spiro atoms. The molecule has 8 nitrogen and oxygen atoms in total. The number of amides is 1. The summed E-state index contributed by atoms with van der Waals surface area (Å²) in [4.78, 5) is 31.8.